The number of halogens is 2. The summed E-state index contributed by atoms with van der Waals surface area (Å²) in [5.41, 5.74) is 0.643. The van der Waals surface area contributed by atoms with Gasteiger partial charge in [0.2, 0.25) is 0 Å². The second kappa shape index (κ2) is 12.2. The minimum absolute atomic E-state index is 0. The van der Waals surface area contributed by atoms with Gasteiger partial charge in [0.25, 0.3) is 0 Å². The van der Waals surface area contributed by atoms with Crippen LogP contribution in [0.4, 0.5) is 4.79 Å². The smallest absolute Gasteiger partial charge is 0.407 e. The molecule has 0 fully saturated rings. The van der Waals surface area contributed by atoms with Crippen molar-refractivity contribution >= 4 is 47.6 Å². The van der Waals surface area contributed by atoms with Crippen molar-refractivity contribution in [3.05, 3.63) is 34.9 Å². The zero-order chi connectivity index (χ0) is 18.0. The zero-order valence-corrected chi connectivity index (χ0v) is 18.3. The van der Waals surface area contributed by atoms with Gasteiger partial charge in [0, 0.05) is 31.7 Å². The first-order chi connectivity index (χ1) is 11.3. The highest BCUT2D eigenvalue weighted by Crippen LogP contribution is 2.09. The Morgan fingerprint density at radius 3 is 2.28 bits per heavy atom. The van der Waals surface area contributed by atoms with Crippen LogP contribution in [0.15, 0.2) is 29.3 Å². The molecule has 0 unspecified atom stereocenters. The first-order valence-electron chi connectivity index (χ1n) is 7.96. The summed E-state index contributed by atoms with van der Waals surface area (Å²) < 4.78 is 5.17. The van der Waals surface area contributed by atoms with Gasteiger partial charge >= 0.3 is 6.09 Å². The third-order valence-electron chi connectivity index (χ3n) is 2.91. The predicted molar refractivity (Wildman–Crippen MR) is 114 cm³/mol. The highest BCUT2D eigenvalue weighted by atomic mass is 127. The Morgan fingerprint density at radius 1 is 1.12 bits per heavy atom. The summed E-state index contributed by atoms with van der Waals surface area (Å²) in [4.78, 5) is 15.7. The summed E-state index contributed by atoms with van der Waals surface area (Å²) in [7, 11) is 1.72. The van der Waals surface area contributed by atoms with Crippen molar-refractivity contribution in [2.24, 2.45) is 4.99 Å². The molecule has 0 saturated carbocycles. The van der Waals surface area contributed by atoms with Crippen LogP contribution in [0.2, 0.25) is 5.02 Å². The first-order valence-corrected chi connectivity index (χ1v) is 8.34. The lowest BCUT2D eigenvalue weighted by Gasteiger charge is -2.19. The van der Waals surface area contributed by atoms with E-state index in [1.807, 2.05) is 45.0 Å². The Labute approximate surface area is 172 Å². The molecular formula is C17H28ClIN4O2. The lowest BCUT2D eigenvalue weighted by atomic mass is 10.2. The topological polar surface area (TPSA) is 74.8 Å². The minimum atomic E-state index is -0.476. The molecule has 0 atom stereocenters. The SMILES string of the molecule is CN=C(NCCCNC(=O)OC(C)(C)C)NCc1ccc(Cl)cc1.I. The Hall–Kier alpha value is -1.22. The fourth-order valence-corrected chi connectivity index (χ4v) is 1.93. The number of hydrogen-bond donors (Lipinski definition) is 3. The molecule has 0 aliphatic heterocycles. The van der Waals surface area contributed by atoms with Crippen molar-refractivity contribution in [2.45, 2.75) is 39.3 Å². The molecule has 1 aromatic rings. The molecule has 0 saturated heterocycles. The van der Waals surface area contributed by atoms with Crippen molar-refractivity contribution in [1.82, 2.24) is 16.0 Å². The van der Waals surface area contributed by atoms with Gasteiger partial charge in [0.15, 0.2) is 5.96 Å². The summed E-state index contributed by atoms with van der Waals surface area (Å²) in [6.45, 7) is 7.40. The van der Waals surface area contributed by atoms with Crippen LogP contribution in [0.5, 0.6) is 0 Å². The molecule has 1 aromatic carbocycles. The molecule has 6 nitrogen and oxygen atoms in total. The van der Waals surface area contributed by atoms with E-state index in [1.165, 1.54) is 0 Å². The second-order valence-electron chi connectivity index (χ2n) is 6.26. The molecule has 0 heterocycles. The van der Waals surface area contributed by atoms with Gasteiger partial charge in [-0.15, -0.1) is 24.0 Å². The molecule has 3 N–H and O–H groups in total. The molecule has 0 radical (unpaired) electrons. The van der Waals surface area contributed by atoms with Gasteiger partial charge in [-0.25, -0.2) is 4.79 Å². The second-order valence-corrected chi connectivity index (χ2v) is 6.70. The Bertz CT molecular complexity index is 545. The highest BCUT2D eigenvalue weighted by Gasteiger charge is 2.15. The largest absolute Gasteiger partial charge is 0.444 e. The van der Waals surface area contributed by atoms with E-state index in [4.69, 9.17) is 16.3 Å². The predicted octanol–water partition coefficient (Wildman–Crippen LogP) is 3.54. The number of alkyl carbamates (subject to hydrolysis) is 1. The molecule has 0 bridgehead atoms. The number of carbonyl (C=O) groups excluding carboxylic acids is 1. The average Bonchev–Trinajstić information content (AvgIpc) is 2.50. The van der Waals surface area contributed by atoms with Gasteiger partial charge in [0.1, 0.15) is 5.60 Å². The monoisotopic (exact) mass is 482 g/mol. The third kappa shape index (κ3) is 11.9. The quantitative estimate of drug-likeness (QED) is 0.251. The van der Waals surface area contributed by atoms with Crippen LogP contribution in [-0.4, -0.2) is 37.8 Å². The fraction of sp³-hybridized carbons (Fsp3) is 0.529. The number of hydrogen-bond acceptors (Lipinski definition) is 3. The van der Waals surface area contributed by atoms with E-state index in [0.717, 1.165) is 17.0 Å². The maximum absolute atomic E-state index is 11.5. The number of amides is 1. The summed E-state index contributed by atoms with van der Waals surface area (Å²) in [6, 6.07) is 7.65. The van der Waals surface area contributed by atoms with Crippen molar-refractivity contribution in [3.8, 4) is 0 Å². The standard InChI is InChI=1S/C17H27ClN4O2.HI/c1-17(2,3)24-16(23)21-11-5-10-20-15(19-4)22-12-13-6-8-14(18)9-7-13;/h6-9H,5,10-12H2,1-4H3,(H,21,23)(H2,19,20,22);1H. The molecule has 25 heavy (non-hydrogen) atoms. The molecule has 0 spiro atoms. The third-order valence-corrected chi connectivity index (χ3v) is 3.16. The van der Waals surface area contributed by atoms with E-state index in [-0.39, 0.29) is 24.0 Å². The molecular weight excluding hydrogens is 455 g/mol. The van der Waals surface area contributed by atoms with Gasteiger partial charge in [-0.2, -0.15) is 0 Å². The van der Waals surface area contributed by atoms with Crippen LogP contribution in [0.1, 0.15) is 32.8 Å². The van der Waals surface area contributed by atoms with E-state index in [0.29, 0.717) is 25.6 Å². The summed E-state index contributed by atoms with van der Waals surface area (Å²) >= 11 is 5.86. The fourth-order valence-electron chi connectivity index (χ4n) is 1.81. The molecule has 0 aliphatic rings. The molecule has 0 aliphatic carbocycles. The molecule has 1 rings (SSSR count). The lowest BCUT2D eigenvalue weighted by molar-refractivity contribution is 0.0527. The normalized spacial score (nSPS) is 11.3. The molecule has 1 amide bonds. The van der Waals surface area contributed by atoms with Crippen molar-refractivity contribution < 1.29 is 9.53 Å². The number of rotatable bonds is 6. The number of aliphatic imine (C=N–C) groups is 1. The highest BCUT2D eigenvalue weighted by molar-refractivity contribution is 14.0. The van der Waals surface area contributed by atoms with Crippen LogP contribution in [0, 0.1) is 0 Å². The molecule has 142 valence electrons. The van der Waals surface area contributed by atoms with Crippen LogP contribution < -0.4 is 16.0 Å². The molecule has 8 heteroatoms. The number of carbonyl (C=O) groups is 1. The van der Waals surface area contributed by atoms with Crippen LogP contribution in [-0.2, 0) is 11.3 Å². The van der Waals surface area contributed by atoms with Gasteiger partial charge in [-0.3, -0.25) is 4.99 Å². The van der Waals surface area contributed by atoms with E-state index in [9.17, 15) is 4.79 Å². The summed E-state index contributed by atoms with van der Waals surface area (Å²) in [5.74, 6) is 0.710. The maximum atomic E-state index is 11.5. The van der Waals surface area contributed by atoms with Gasteiger partial charge in [-0.1, -0.05) is 23.7 Å². The average molecular weight is 483 g/mol. The van der Waals surface area contributed by atoms with Crippen LogP contribution in [0.25, 0.3) is 0 Å². The Balaban J connectivity index is 0.00000576. The summed E-state index contributed by atoms with van der Waals surface area (Å²) in [6.07, 6.45) is 0.369. The van der Waals surface area contributed by atoms with Crippen molar-refractivity contribution in [2.75, 3.05) is 20.1 Å². The number of guanidine groups is 1. The van der Waals surface area contributed by atoms with Crippen LogP contribution >= 0.6 is 35.6 Å². The van der Waals surface area contributed by atoms with E-state index >= 15 is 0 Å². The van der Waals surface area contributed by atoms with E-state index in [2.05, 4.69) is 20.9 Å². The Kier molecular flexibility index (Phi) is 11.6. The Morgan fingerprint density at radius 2 is 1.72 bits per heavy atom. The van der Waals surface area contributed by atoms with Gasteiger partial charge in [0.05, 0.1) is 0 Å². The lowest BCUT2D eigenvalue weighted by Crippen LogP contribution is -2.39. The number of nitrogens with one attached hydrogen (secondary N) is 3. The minimum Gasteiger partial charge on any atom is -0.444 e. The van der Waals surface area contributed by atoms with Crippen molar-refractivity contribution in [1.29, 1.82) is 0 Å². The van der Waals surface area contributed by atoms with Crippen LogP contribution in [0.3, 0.4) is 0 Å². The van der Waals surface area contributed by atoms with Gasteiger partial charge in [-0.05, 0) is 44.9 Å². The molecule has 0 aromatic heterocycles. The van der Waals surface area contributed by atoms with E-state index in [1.54, 1.807) is 7.05 Å². The van der Waals surface area contributed by atoms with E-state index < -0.39 is 11.7 Å². The number of benzene rings is 1. The summed E-state index contributed by atoms with van der Waals surface area (Å²) in [5, 5.41) is 9.85. The first kappa shape index (κ1) is 23.8. The zero-order valence-electron chi connectivity index (χ0n) is 15.2. The van der Waals surface area contributed by atoms with Crippen molar-refractivity contribution in [3.63, 3.8) is 0 Å². The maximum Gasteiger partial charge on any atom is 0.407 e. The van der Waals surface area contributed by atoms with Gasteiger partial charge < -0.3 is 20.7 Å². The number of ether oxygens (including phenoxy) is 1. The number of nitrogens with zero attached hydrogens (tertiary/aromatic N) is 1.